The number of halogens is 1. The van der Waals surface area contributed by atoms with E-state index in [2.05, 4.69) is 0 Å². The minimum Gasteiger partial charge on any atom is -0.395 e. The Morgan fingerprint density at radius 1 is 1.15 bits per heavy atom. The molecule has 0 amide bonds. The van der Waals surface area contributed by atoms with Gasteiger partial charge < -0.3 is 10.2 Å². The largest absolute Gasteiger partial charge is 0.395 e. The molecule has 0 aliphatic carbocycles. The molecule has 0 spiro atoms. The molecular formula is C14H21FO4S. The van der Waals surface area contributed by atoms with E-state index in [0.29, 0.717) is 6.42 Å². The van der Waals surface area contributed by atoms with Crippen LogP contribution in [0.25, 0.3) is 0 Å². The van der Waals surface area contributed by atoms with Crippen molar-refractivity contribution in [2.45, 2.75) is 25.2 Å². The molecule has 0 aliphatic rings. The summed E-state index contributed by atoms with van der Waals surface area (Å²) in [5.74, 6) is -0.684. The number of hydrogen-bond acceptors (Lipinski definition) is 4. The van der Waals surface area contributed by atoms with Crippen LogP contribution in [0.2, 0.25) is 0 Å². The molecule has 0 radical (unpaired) electrons. The van der Waals surface area contributed by atoms with Crippen LogP contribution in [0.1, 0.15) is 25.3 Å². The zero-order valence-electron chi connectivity index (χ0n) is 11.5. The third kappa shape index (κ3) is 4.01. The van der Waals surface area contributed by atoms with Gasteiger partial charge in [-0.3, -0.25) is 0 Å². The smallest absolute Gasteiger partial charge is 0.150 e. The molecule has 0 saturated heterocycles. The van der Waals surface area contributed by atoms with Crippen LogP contribution in [0.4, 0.5) is 4.39 Å². The van der Waals surface area contributed by atoms with E-state index in [9.17, 15) is 23.0 Å². The van der Waals surface area contributed by atoms with Crippen molar-refractivity contribution >= 4 is 9.84 Å². The first kappa shape index (κ1) is 17.1. The minimum atomic E-state index is -3.25. The second-order valence-corrected chi connectivity index (χ2v) is 7.28. The summed E-state index contributed by atoms with van der Waals surface area (Å²) in [4.78, 5) is 0. The van der Waals surface area contributed by atoms with Crippen molar-refractivity contribution in [2.75, 3.05) is 24.7 Å². The highest BCUT2D eigenvalue weighted by atomic mass is 32.2. The van der Waals surface area contributed by atoms with E-state index in [1.165, 1.54) is 18.2 Å². The van der Waals surface area contributed by atoms with E-state index >= 15 is 0 Å². The molecule has 1 aromatic rings. The van der Waals surface area contributed by atoms with Gasteiger partial charge in [-0.05, 0) is 24.5 Å². The maximum atomic E-state index is 13.9. The summed E-state index contributed by atoms with van der Waals surface area (Å²) in [5, 5.41) is 19.1. The van der Waals surface area contributed by atoms with Gasteiger partial charge in [-0.2, -0.15) is 0 Å². The molecule has 0 fully saturated rings. The number of hydrogen-bond donors (Lipinski definition) is 2. The Balaban J connectivity index is 3.02. The fraction of sp³-hybridized carbons (Fsp3) is 0.571. The maximum absolute atomic E-state index is 13.9. The second-order valence-electron chi connectivity index (χ2n) is 4.98. The van der Waals surface area contributed by atoms with Crippen molar-refractivity contribution in [3.63, 3.8) is 0 Å². The van der Waals surface area contributed by atoms with Gasteiger partial charge in [0.25, 0.3) is 0 Å². The van der Waals surface area contributed by atoms with Crippen LogP contribution in [0.5, 0.6) is 0 Å². The van der Waals surface area contributed by atoms with Crippen LogP contribution in [0.15, 0.2) is 24.3 Å². The molecular weight excluding hydrogens is 283 g/mol. The molecule has 0 aliphatic heterocycles. The van der Waals surface area contributed by atoms with E-state index < -0.39 is 34.3 Å². The quantitative estimate of drug-likeness (QED) is 0.758. The molecule has 0 unspecified atom stereocenters. The van der Waals surface area contributed by atoms with Crippen molar-refractivity contribution < 1.29 is 23.0 Å². The molecule has 2 N–H and O–H groups in total. The molecule has 1 aromatic carbocycles. The first-order chi connectivity index (χ1) is 9.40. The Hall–Kier alpha value is -0.980. The summed E-state index contributed by atoms with van der Waals surface area (Å²) in [6, 6.07) is 5.80. The highest BCUT2D eigenvalue weighted by Crippen LogP contribution is 2.30. The third-order valence-corrected chi connectivity index (χ3v) is 5.31. The zero-order valence-corrected chi connectivity index (χ0v) is 12.4. The fourth-order valence-corrected chi connectivity index (χ4v) is 3.70. The summed E-state index contributed by atoms with van der Waals surface area (Å²) in [7, 11) is -3.25. The lowest BCUT2D eigenvalue weighted by Crippen LogP contribution is -2.38. The van der Waals surface area contributed by atoms with Gasteiger partial charge in [0, 0.05) is 11.2 Å². The molecule has 20 heavy (non-hydrogen) atoms. The van der Waals surface area contributed by atoms with E-state index in [4.69, 9.17) is 0 Å². The lowest BCUT2D eigenvalue weighted by Gasteiger charge is -2.30. The van der Waals surface area contributed by atoms with Gasteiger partial charge in [0.1, 0.15) is 15.7 Å². The van der Waals surface area contributed by atoms with Gasteiger partial charge in [0.15, 0.2) is 0 Å². The highest BCUT2D eigenvalue weighted by molar-refractivity contribution is 7.91. The SMILES string of the molecule is CCCS(=O)(=O)CCC(CO)(CO)c1ccccc1F. The molecule has 114 valence electrons. The second kappa shape index (κ2) is 7.15. The molecule has 0 bridgehead atoms. The predicted molar refractivity (Wildman–Crippen MR) is 75.8 cm³/mol. The minimum absolute atomic E-state index is 0.0106. The first-order valence-corrected chi connectivity index (χ1v) is 8.40. The number of rotatable bonds is 8. The predicted octanol–water partition coefficient (Wildman–Crippen LogP) is 1.26. The summed E-state index contributed by atoms with van der Waals surface area (Å²) in [6.45, 7) is 0.748. The Morgan fingerprint density at radius 3 is 2.25 bits per heavy atom. The molecule has 1 rings (SSSR count). The van der Waals surface area contributed by atoms with Crippen molar-refractivity contribution in [1.29, 1.82) is 0 Å². The number of sulfone groups is 1. The van der Waals surface area contributed by atoms with Crippen molar-refractivity contribution in [3.8, 4) is 0 Å². The number of benzene rings is 1. The van der Waals surface area contributed by atoms with Gasteiger partial charge >= 0.3 is 0 Å². The molecule has 0 aromatic heterocycles. The topological polar surface area (TPSA) is 74.6 Å². The van der Waals surface area contributed by atoms with Crippen LogP contribution < -0.4 is 0 Å². The summed E-state index contributed by atoms with van der Waals surface area (Å²) in [6.07, 6.45) is 0.497. The first-order valence-electron chi connectivity index (χ1n) is 6.58. The lowest BCUT2D eigenvalue weighted by atomic mass is 9.79. The molecule has 0 atom stereocenters. The molecule has 0 saturated carbocycles. The van der Waals surface area contributed by atoms with Gasteiger partial charge in [0.05, 0.1) is 19.0 Å². The van der Waals surface area contributed by atoms with Gasteiger partial charge in [-0.1, -0.05) is 25.1 Å². The van der Waals surface area contributed by atoms with Crippen LogP contribution in [0.3, 0.4) is 0 Å². The standard InChI is InChI=1S/C14H21FO4S/c1-2-8-20(18,19)9-7-14(10-16,11-17)12-5-3-4-6-13(12)15/h3-6,16-17H,2,7-11H2,1H3. The van der Waals surface area contributed by atoms with Crippen molar-refractivity contribution in [1.82, 2.24) is 0 Å². The Bertz CT molecular complexity index is 524. The Labute approximate surface area is 119 Å². The normalized spacial score (nSPS) is 12.6. The van der Waals surface area contributed by atoms with E-state index in [0.717, 1.165) is 0 Å². The van der Waals surface area contributed by atoms with Gasteiger partial charge in [0.2, 0.25) is 0 Å². The van der Waals surface area contributed by atoms with Crippen LogP contribution in [-0.2, 0) is 15.3 Å². The summed E-state index contributed by atoms with van der Waals surface area (Å²) < 4.78 is 37.4. The molecule has 0 heterocycles. The highest BCUT2D eigenvalue weighted by Gasteiger charge is 2.34. The molecule has 6 heteroatoms. The average molecular weight is 304 g/mol. The summed E-state index contributed by atoms with van der Waals surface area (Å²) in [5.41, 5.74) is -1.12. The van der Waals surface area contributed by atoms with Gasteiger partial charge in [-0.15, -0.1) is 0 Å². The fourth-order valence-electron chi connectivity index (χ4n) is 2.17. The van der Waals surface area contributed by atoms with E-state index in [1.54, 1.807) is 13.0 Å². The monoisotopic (exact) mass is 304 g/mol. The van der Waals surface area contributed by atoms with Gasteiger partial charge in [-0.25, -0.2) is 12.8 Å². The Kier molecular flexibility index (Phi) is 6.10. The van der Waals surface area contributed by atoms with Crippen LogP contribution >= 0.6 is 0 Å². The van der Waals surface area contributed by atoms with E-state index in [-0.39, 0.29) is 23.5 Å². The number of aliphatic hydroxyl groups is 2. The van der Waals surface area contributed by atoms with Crippen LogP contribution in [0, 0.1) is 5.82 Å². The third-order valence-electron chi connectivity index (χ3n) is 3.46. The zero-order chi connectivity index (χ0) is 15.2. The average Bonchev–Trinajstić information content (AvgIpc) is 2.42. The maximum Gasteiger partial charge on any atom is 0.150 e. The van der Waals surface area contributed by atoms with Crippen molar-refractivity contribution in [2.24, 2.45) is 0 Å². The van der Waals surface area contributed by atoms with E-state index in [1.807, 2.05) is 0 Å². The lowest BCUT2D eigenvalue weighted by molar-refractivity contribution is 0.111. The summed E-state index contributed by atoms with van der Waals surface area (Å²) >= 11 is 0. The van der Waals surface area contributed by atoms with Crippen LogP contribution in [-0.4, -0.2) is 43.4 Å². The van der Waals surface area contributed by atoms with Crippen molar-refractivity contribution in [3.05, 3.63) is 35.6 Å². The molecule has 4 nitrogen and oxygen atoms in total. The Morgan fingerprint density at radius 2 is 1.75 bits per heavy atom. The number of aliphatic hydroxyl groups excluding tert-OH is 2.